The van der Waals surface area contributed by atoms with Crippen molar-refractivity contribution in [1.29, 1.82) is 0 Å². The number of rotatable bonds is 4. The van der Waals surface area contributed by atoms with Gasteiger partial charge in [0.1, 0.15) is 6.04 Å². The Morgan fingerprint density at radius 2 is 2.32 bits per heavy atom. The number of carbonyl (C=O) groups is 1. The van der Waals surface area contributed by atoms with Crippen molar-refractivity contribution in [1.82, 2.24) is 15.6 Å². The van der Waals surface area contributed by atoms with Gasteiger partial charge in [-0.2, -0.15) is 0 Å². The maximum Gasteiger partial charge on any atom is 0.239 e. The highest BCUT2D eigenvalue weighted by Gasteiger charge is 2.20. The zero-order chi connectivity index (χ0) is 11.9. The Balaban J connectivity index is 0.00000162. The predicted molar refractivity (Wildman–Crippen MR) is 78.1 cm³/mol. The van der Waals surface area contributed by atoms with Crippen molar-refractivity contribution < 1.29 is 9.53 Å². The third kappa shape index (κ3) is 6.20. The highest BCUT2D eigenvalue weighted by atomic mass is 35.5. The molecule has 0 radical (unpaired) electrons. The molecule has 1 atom stereocenters. The molecule has 1 aromatic heterocycles. The number of nitrogens with one attached hydrogen (secondary N) is 2. The average molecular weight is 308 g/mol. The Morgan fingerprint density at radius 3 is 2.95 bits per heavy atom. The fourth-order valence-corrected chi connectivity index (χ4v) is 1.72. The van der Waals surface area contributed by atoms with Gasteiger partial charge in [0.15, 0.2) is 0 Å². The van der Waals surface area contributed by atoms with Crippen molar-refractivity contribution in [2.75, 3.05) is 26.3 Å². The minimum atomic E-state index is -0.215. The largest absolute Gasteiger partial charge is 0.378 e. The lowest BCUT2D eigenvalue weighted by Crippen LogP contribution is -2.51. The van der Waals surface area contributed by atoms with Crippen molar-refractivity contribution in [3.63, 3.8) is 0 Å². The monoisotopic (exact) mass is 307 g/mol. The normalized spacial score (nSPS) is 17.8. The second-order valence-electron chi connectivity index (χ2n) is 3.94. The van der Waals surface area contributed by atoms with E-state index in [1.165, 1.54) is 0 Å². The molecule has 1 unspecified atom stereocenters. The molecule has 0 bridgehead atoms. The molecule has 2 N–H and O–H groups in total. The number of halogens is 2. The van der Waals surface area contributed by atoms with Crippen molar-refractivity contribution in [2.24, 2.45) is 0 Å². The highest BCUT2D eigenvalue weighted by molar-refractivity contribution is 5.85. The number of nitrogens with zero attached hydrogens (tertiary/aromatic N) is 1. The molecule has 0 spiro atoms. The van der Waals surface area contributed by atoms with Crippen LogP contribution < -0.4 is 10.6 Å². The molecule has 7 heteroatoms. The molecule has 108 valence electrons. The zero-order valence-corrected chi connectivity index (χ0v) is 12.1. The summed E-state index contributed by atoms with van der Waals surface area (Å²) in [4.78, 5) is 15.9. The van der Waals surface area contributed by atoms with Gasteiger partial charge in [-0.05, 0) is 12.1 Å². The van der Waals surface area contributed by atoms with Crippen LogP contribution in [0.5, 0.6) is 0 Å². The van der Waals surface area contributed by atoms with Crippen molar-refractivity contribution in [3.05, 3.63) is 30.1 Å². The first-order valence-corrected chi connectivity index (χ1v) is 5.85. The van der Waals surface area contributed by atoms with Crippen LogP contribution in [-0.2, 0) is 16.0 Å². The molecule has 0 saturated carbocycles. The molecule has 0 aromatic carbocycles. The topological polar surface area (TPSA) is 63.2 Å². The number of aromatic nitrogens is 1. The summed E-state index contributed by atoms with van der Waals surface area (Å²) in [5.74, 6) is 0.000584. The Morgan fingerprint density at radius 1 is 1.47 bits per heavy atom. The van der Waals surface area contributed by atoms with Gasteiger partial charge in [-0.1, -0.05) is 6.07 Å². The number of ether oxygens (including phenoxy) is 1. The first kappa shape index (κ1) is 18.1. The van der Waals surface area contributed by atoms with Crippen LogP contribution in [0.15, 0.2) is 24.4 Å². The highest BCUT2D eigenvalue weighted by Crippen LogP contribution is 1.95. The Kier molecular flexibility index (Phi) is 9.51. The average Bonchev–Trinajstić information content (AvgIpc) is 2.41. The number of pyridine rings is 1. The molecular formula is C12H19Cl2N3O2. The molecule has 0 aliphatic carbocycles. The lowest BCUT2D eigenvalue weighted by atomic mass is 10.2. The molecule has 2 heterocycles. The summed E-state index contributed by atoms with van der Waals surface area (Å²) in [6.45, 7) is 2.47. The lowest BCUT2D eigenvalue weighted by Gasteiger charge is -2.22. The molecular weight excluding hydrogens is 289 g/mol. The van der Waals surface area contributed by atoms with Gasteiger partial charge in [0.25, 0.3) is 0 Å². The quantitative estimate of drug-likeness (QED) is 0.854. The van der Waals surface area contributed by atoms with E-state index in [4.69, 9.17) is 4.74 Å². The van der Waals surface area contributed by atoms with Gasteiger partial charge in [0.05, 0.1) is 13.2 Å². The molecule has 1 aliphatic heterocycles. The maximum absolute atomic E-state index is 11.7. The van der Waals surface area contributed by atoms with Crippen LogP contribution in [0.1, 0.15) is 5.69 Å². The van der Waals surface area contributed by atoms with E-state index in [0.29, 0.717) is 19.8 Å². The lowest BCUT2D eigenvalue weighted by molar-refractivity contribution is -0.125. The molecule has 2 rings (SSSR count). The minimum Gasteiger partial charge on any atom is -0.378 e. The first-order chi connectivity index (χ1) is 8.36. The van der Waals surface area contributed by atoms with Crippen LogP contribution in [0, 0.1) is 0 Å². The zero-order valence-electron chi connectivity index (χ0n) is 10.5. The molecule has 1 aromatic rings. The molecule has 19 heavy (non-hydrogen) atoms. The van der Waals surface area contributed by atoms with E-state index in [2.05, 4.69) is 15.6 Å². The van der Waals surface area contributed by atoms with Crippen LogP contribution >= 0.6 is 24.8 Å². The van der Waals surface area contributed by atoms with E-state index in [1.54, 1.807) is 6.20 Å². The van der Waals surface area contributed by atoms with Gasteiger partial charge >= 0.3 is 0 Å². The fourth-order valence-electron chi connectivity index (χ4n) is 1.72. The van der Waals surface area contributed by atoms with Crippen LogP contribution in [0.25, 0.3) is 0 Å². The number of hydrogen-bond donors (Lipinski definition) is 2. The van der Waals surface area contributed by atoms with E-state index >= 15 is 0 Å². The molecule has 1 aliphatic rings. The number of amides is 1. The Labute approximate surface area is 125 Å². The fraction of sp³-hybridized carbons (Fsp3) is 0.500. The van der Waals surface area contributed by atoms with Crippen LogP contribution in [-0.4, -0.2) is 43.2 Å². The first-order valence-electron chi connectivity index (χ1n) is 5.85. The second-order valence-corrected chi connectivity index (χ2v) is 3.94. The van der Waals surface area contributed by atoms with Crippen molar-refractivity contribution in [3.8, 4) is 0 Å². The van der Waals surface area contributed by atoms with Crippen LogP contribution in [0.4, 0.5) is 0 Å². The van der Waals surface area contributed by atoms with Crippen LogP contribution in [0.3, 0.4) is 0 Å². The third-order valence-corrected chi connectivity index (χ3v) is 2.64. The number of carbonyl (C=O) groups excluding carboxylic acids is 1. The Bertz CT molecular complexity index is 359. The Hall–Kier alpha value is -0.880. The smallest absolute Gasteiger partial charge is 0.239 e. The summed E-state index contributed by atoms with van der Waals surface area (Å²) in [5, 5.41) is 5.99. The SMILES string of the molecule is Cl.Cl.O=C(NCCc1ccccn1)C1COCCN1. The molecule has 1 amide bonds. The summed E-state index contributed by atoms with van der Waals surface area (Å²) < 4.78 is 5.23. The summed E-state index contributed by atoms with van der Waals surface area (Å²) in [6, 6.07) is 5.56. The molecule has 1 fully saturated rings. The number of morpholine rings is 1. The molecule has 1 saturated heterocycles. The standard InChI is InChI=1S/C12H17N3O2.2ClH/c16-12(11-9-17-8-7-14-11)15-6-4-10-3-1-2-5-13-10;;/h1-3,5,11,14H,4,6-9H2,(H,15,16);2*1H. The van der Waals surface area contributed by atoms with E-state index < -0.39 is 0 Å². The van der Waals surface area contributed by atoms with E-state index in [1.807, 2.05) is 18.2 Å². The second kappa shape index (κ2) is 9.97. The van der Waals surface area contributed by atoms with Crippen LogP contribution in [0.2, 0.25) is 0 Å². The minimum absolute atomic E-state index is 0. The van der Waals surface area contributed by atoms with Crippen molar-refractivity contribution in [2.45, 2.75) is 12.5 Å². The van der Waals surface area contributed by atoms with Gasteiger partial charge < -0.3 is 15.4 Å². The van der Waals surface area contributed by atoms with E-state index in [9.17, 15) is 4.79 Å². The van der Waals surface area contributed by atoms with E-state index in [-0.39, 0.29) is 36.8 Å². The molecule has 5 nitrogen and oxygen atoms in total. The van der Waals surface area contributed by atoms with Gasteiger partial charge in [0.2, 0.25) is 5.91 Å². The summed E-state index contributed by atoms with van der Waals surface area (Å²) >= 11 is 0. The number of hydrogen-bond acceptors (Lipinski definition) is 4. The maximum atomic E-state index is 11.7. The predicted octanol–water partition coefficient (Wildman–Crippen LogP) is 0.572. The van der Waals surface area contributed by atoms with Gasteiger partial charge in [0, 0.05) is 31.4 Å². The summed E-state index contributed by atoms with van der Waals surface area (Å²) in [6.07, 6.45) is 2.51. The van der Waals surface area contributed by atoms with E-state index in [0.717, 1.165) is 18.7 Å². The summed E-state index contributed by atoms with van der Waals surface area (Å²) in [7, 11) is 0. The summed E-state index contributed by atoms with van der Waals surface area (Å²) in [5.41, 5.74) is 0.987. The third-order valence-electron chi connectivity index (χ3n) is 2.64. The van der Waals surface area contributed by atoms with Gasteiger partial charge in [-0.25, -0.2) is 0 Å². The van der Waals surface area contributed by atoms with Gasteiger partial charge in [-0.3, -0.25) is 9.78 Å². The van der Waals surface area contributed by atoms with Crippen molar-refractivity contribution >= 4 is 30.7 Å². The van der Waals surface area contributed by atoms with Gasteiger partial charge in [-0.15, -0.1) is 24.8 Å².